The number of benzene rings is 1. The Balaban J connectivity index is 2.05. The molecule has 0 radical (unpaired) electrons. The molecule has 0 fully saturated rings. The molecule has 0 aliphatic rings. The van der Waals surface area contributed by atoms with E-state index in [9.17, 15) is 18.5 Å². The molecule has 1 aromatic heterocycles. The van der Waals surface area contributed by atoms with E-state index in [-0.39, 0.29) is 16.3 Å². The smallest absolute Gasteiger partial charge is 0.293 e. The Labute approximate surface area is 130 Å². The van der Waals surface area contributed by atoms with Gasteiger partial charge in [0.25, 0.3) is 5.69 Å². The van der Waals surface area contributed by atoms with Crippen molar-refractivity contribution in [2.45, 2.75) is 10.1 Å². The van der Waals surface area contributed by atoms with Crippen LogP contribution in [-0.4, -0.2) is 35.6 Å². The molecule has 4 N–H and O–H groups in total. The van der Waals surface area contributed by atoms with Crippen LogP contribution >= 0.6 is 11.8 Å². The minimum atomic E-state index is -3.98. The van der Waals surface area contributed by atoms with Crippen molar-refractivity contribution >= 4 is 33.2 Å². The van der Waals surface area contributed by atoms with Gasteiger partial charge in [-0.25, -0.2) is 18.5 Å². The Morgan fingerprint density at radius 1 is 1.45 bits per heavy atom. The van der Waals surface area contributed by atoms with E-state index in [2.05, 4.69) is 15.3 Å². The van der Waals surface area contributed by atoms with Crippen LogP contribution in [0.3, 0.4) is 0 Å². The molecule has 0 atom stereocenters. The van der Waals surface area contributed by atoms with E-state index >= 15 is 0 Å². The number of rotatable bonds is 7. The minimum absolute atomic E-state index is 0.234. The Morgan fingerprint density at radius 2 is 2.23 bits per heavy atom. The molecule has 9 nitrogen and oxygen atoms in total. The Morgan fingerprint density at radius 3 is 2.82 bits per heavy atom. The van der Waals surface area contributed by atoms with Crippen molar-refractivity contribution in [1.29, 1.82) is 0 Å². The largest absolute Gasteiger partial charge is 0.379 e. The van der Waals surface area contributed by atoms with Gasteiger partial charge in [-0.1, -0.05) is 11.8 Å². The molecule has 0 spiro atoms. The van der Waals surface area contributed by atoms with Gasteiger partial charge >= 0.3 is 0 Å². The molecular weight excluding hydrogens is 330 g/mol. The van der Waals surface area contributed by atoms with Crippen LogP contribution in [0.1, 0.15) is 0 Å². The third kappa shape index (κ3) is 4.19. The molecule has 2 rings (SSSR count). The lowest BCUT2D eigenvalue weighted by molar-refractivity contribution is -0.384. The normalized spacial score (nSPS) is 11.3. The molecule has 0 bridgehead atoms. The number of nitro benzene ring substituents is 1. The number of sulfonamides is 1. The highest BCUT2D eigenvalue weighted by atomic mass is 32.2. The van der Waals surface area contributed by atoms with Gasteiger partial charge < -0.3 is 10.3 Å². The maximum absolute atomic E-state index is 11.2. The van der Waals surface area contributed by atoms with Gasteiger partial charge in [-0.05, 0) is 12.1 Å². The van der Waals surface area contributed by atoms with Crippen LogP contribution in [0.15, 0.2) is 40.6 Å². The number of nitro groups is 1. The van der Waals surface area contributed by atoms with Crippen LogP contribution in [0.5, 0.6) is 0 Å². The summed E-state index contributed by atoms with van der Waals surface area (Å²) < 4.78 is 22.5. The van der Waals surface area contributed by atoms with Crippen LogP contribution in [0.2, 0.25) is 0 Å². The van der Waals surface area contributed by atoms with Gasteiger partial charge in [0, 0.05) is 30.8 Å². The van der Waals surface area contributed by atoms with E-state index in [0.717, 1.165) is 11.2 Å². The number of aromatic amines is 1. The number of nitrogens with zero attached hydrogens (tertiary/aromatic N) is 2. The Kier molecular flexibility index (Phi) is 5.00. The number of nitrogens with one attached hydrogen (secondary N) is 2. The second kappa shape index (κ2) is 6.77. The molecule has 1 heterocycles. The molecule has 0 saturated carbocycles. The van der Waals surface area contributed by atoms with Crippen LogP contribution in [0.25, 0.3) is 0 Å². The number of hydrogen-bond acceptors (Lipinski definition) is 7. The van der Waals surface area contributed by atoms with Gasteiger partial charge in [0.15, 0.2) is 5.16 Å². The highest BCUT2D eigenvalue weighted by molar-refractivity contribution is 7.99. The fourth-order valence-corrected chi connectivity index (χ4v) is 2.87. The standard InChI is InChI=1S/C11H13N5O4S2/c12-22(19,20)8-1-2-9(10(7-8)16(17)18)13-5-6-21-11-14-3-4-15-11/h1-4,7,13H,5-6H2,(H,14,15)(H2,12,19,20). The molecular formula is C11H13N5O4S2. The molecule has 1 aromatic carbocycles. The summed E-state index contributed by atoms with van der Waals surface area (Å²) in [5, 5.41) is 19.6. The quantitative estimate of drug-likeness (QED) is 0.296. The third-order valence-electron chi connectivity index (χ3n) is 2.62. The number of anilines is 1. The maximum atomic E-state index is 11.2. The average molecular weight is 343 g/mol. The molecule has 22 heavy (non-hydrogen) atoms. The topological polar surface area (TPSA) is 144 Å². The number of aromatic nitrogens is 2. The zero-order chi connectivity index (χ0) is 16.2. The first-order valence-electron chi connectivity index (χ1n) is 6.05. The molecule has 118 valence electrons. The van der Waals surface area contributed by atoms with Crippen LogP contribution in [0.4, 0.5) is 11.4 Å². The van der Waals surface area contributed by atoms with Crippen molar-refractivity contribution in [3.05, 3.63) is 40.7 Å². The van der Waals surface area contributed by atoms with Crippen molar-refractivity contribution in [1.82, 2.24) is 9.97 Å². The van der Waals surface area contributed by atoms with Gasteiger partial charge in [-0.3, -0.25) is 10.1 Å². The molecule has 0 saturated heterocycles. The summed E-state index contributed by atoms with van der Waals surface area (Å²) in [7, 11) is -3.98. The summed E-state index contributed by atoms with van der Waals surface area (Å²) >= 11 is 1.45. The van der Waals surface area contributed by atoms with Gasteiger partial charge in [0.1, 0.15) is 5.69 Å². The van der Waals surface area contributed by atoms with Gasteiger partial charge in [-0.2, -0.15) is 0 Å². The number of H-pyrrole nitrogens is 1. The predicted octanol–water partition coefficient (Wildman–Crippen LogP) is 1.17. The highest BCUT2D eigenvalue weighted by Crippen LogP contribution is 2.27. The summed E-state index contributed by atoms with van der Waals surface area (Å²) in [5.74, 6) is 0.627. The van der Waals surface area contributed by atoms with Crippen molar-refractivity contribution in [2.24, 2.45) is 5.14 Å². The summed E-state index contributed by atoms with van der Waals surface area (Å²) in [6.45, 7) is 0.445. The molecule has 0 unspecified atom stereocenters. The number of imidazole rings is 1. The first kappa shape index (κ1) is 16.3. The van der Waals surface area contributed by atoms with E-state index in [4.69, 9.17) is 5.14 Å². The second-order valence-corrected chi connectivity index (χ2v) is 6.80. The van der Waals surface area contributed by atoms with Crippen molar-refractivity contribution in [3.8, 4) is 0 Å². The fraction of sp³-hybridized carbons (Fsp3) is 0.182. The van der Waals surface area contributed by atoms with E-state index < -0.39 is 14.9 Å². The Bertz CT molecular complexity index is 761. The molecule has 0 amide bonds. The summed E-state index contributed by atoms with van der Waals surface area (Å²) in [4.78, 5) is 17.0. The number of primary sulfonamides is 1. The number of thioether (sulfide) groups is 1. The Hall–Kier alpha value is -2.11. The summed E-state index contributed by atoms with van der Waals surface area (Å²) in [5.41, 5.74) is -0.105. The first-order chi connectivity index (χ1) is 10.4. The molecule has 11 heteroatoms. The van der Waals surface area contributed by atoms with Crippen molar-refractivity contribution in [3.63, 3.8) is 0 Å². The lowest BCUT2D eigenvalue weighted by atomic mass is 10.2. The second-order valence-electron chi connectivity index (χ2n) is 4.15. The van der Waals surface area contributed by atoms with Crippen LogP contribution in [-0.2, 0) is 10.0 Å². The minimum Gasteiger partial charge on any atom is -0.379 e. The lowest BCUT2D eigenvalue weighted by Crippen LogP contribution is -2.13. The molecule has 2 aromatic rings. The summed E-state index contributed by atoms with van der Waals surface area (Å²) in [6, 6.07) is 3.50. The van der Waals surface area contributed by atoms with Gasteiger partial charge in [-0.15, -0.1) is 0 Å². The van der Waals surface area contributed by atoms with E-state index in [0.29, 0.717) is 12.3 Å². The average Bonchev–Trinajstić information content (AvgIpc) is 2.95. The van der Waals surface area contributed by atoms with E-state index in [1.807, 2.05) is 0 Å². The zero-order valence-corrected chi connectivity index (χ0v) is 12.9. The maximum Gasteiger partial charge on any atom is 0.293 e. The summed E-state index contributed by atoms with van der Waals surface area (Å²) in [6.07, 6.45) is 3.33. The highest BCUT2D eigenvalue weighted by Gasteiger charge is 2.18. The molecule has 0 aliphatic carbocycles. The fourth-order valence-electron chi connectivity index (χ4n) is 1.65. The van der Waals surface area contributed by atoms with Crippen molar-refractivity contribution < 1.29 is 13.3 Å². The zero-order valence-electron chi connectivity index (χ0n) is 11.2. The lowest BCUT2D eigenvalue weighted by Gasteiger charge is -2.07. The first-order valence-corrected chi connectivity index (χ1v) is 8.58. The van der Waals surface area contributed by atoms with E-state index in [1.165, 1.54) is 23.9 Å². The predicted molar refractivity (Wildman–Crippen MR) is 82.3 cm³/mol. The molecule has 0 aliphatic heterocycles. The number of nitrogens with two attached hydrogens (primary N) is 1. The van der Waals surface area contributed by atoms with Crippen LogP contribution < -0.4 is 10.5 Å². The third-order valence-corrected chi connectivity index (χ3v) is 4.44. The monoisotopic (exact) mass is 343 g/mol. The van der Waals surface area contributed by atoms with Crippen LogP contribution in [0, 0.1) is 10.1 Å². The van der Waals surface area contributed by atoms with E-state index in [1.54, 1.807) is 12.4 Å². The van der Waals surface area contributed by atoms with Crippen molar-refractivity contribution in [2.75, 3.05) is 17.6 Å². The number of hydrogen-bond donors (Lipinski definition) is 3. The van der Waals surface area contributed by atoms with Gasteiger partial charge in [0.2, 0.25) is 10.0 Å². The SMILES string of the molecule is NS(=O)(=O)c1ccc(NCCSc2ncc[nH]2)c([N+](=O)[O-])c1. The van der Waals surface area contributed by atoms with Gasteiger partial charge in [0.05, 0.1) is 9.82 Å².